The highest BCUT2D eigenvalue weighted by Gasteiger charge is 2.48. The summed E-state index contributed by atoms with van der Waals surface area (Å²) in [6.07, 6.45) is 0.910. The highest BCUT2D eigenvalue weighted by atomic mass is 16.6. The number of carbonyl (C=O) groups is 2. The number of hydrogen-bond acceptors (Lipinski definition) is 5. The standard InChI is InChI=1S/C14H24O5/c1-10(2)11(3)7-8-14(9-17-4,12(15)18-5)13(16)19-6/h7-9H2,1-6H3. The van der Waals surface area contributed by atoms with Crippen molar-refractivity contribution in [3.05, 3.63) is 11.1 Å². The van der Waals surface area contributed by atoms with Crippen LogP contribution >= 0.6 is 0 Å². The second kappa shape index (κ2) is 7.94. The Labute approximate surface area is 114 Å². The van der Waals surface area contributed by atoms with E-state index in [0.29, 0.717) is 12.8 Å². The molecule has 0 fully saturated rings. The third kappa shape index (κ3) is 4.35. The topological polar surface area (TPSA) is 61.8 Å². The van der Waals surface area contributed by atoms with Gasteiger partial charge >= 0.3 is 11.9 Å². The van der Waals surface area contributed by atoms with Crippen LogP contribution in [0.1, 0.15) is 33.6 Å². The van der Waals surface area contributed by atoms with Crippen LogP contribution in [-0.4, -0.2) is 39.9 Å². The molecular formula is C14H24O5. The summed E-state index contributed by atoms with van der Waals surface area (Å²) < 4.78 is 14.5. The molecule has 0 N–H and O–H groups in total. The fraction of sp³-hybridized carbons (Fsp3) is 0.714. The molecule has 0 aliphatic heterocycles. The zero-order valence-electron chi connectivity index (χ0n) is 12.7. The Hall–Kier alpha value is -1.36. The molecule has 0 bridgehead atoms. The van der Waals surface area contributed by atoms with Gasteiger partial charge in [-0.3, -0.25) is 9.59 Å². The Balaban J connectivity index is 5.28. The monoisotopic (exact) mass is 272 g/mol. The molecular weight excluding hydrogens is 248 g/mol. The van der Waals surface area contributed by atoms with E-state index >= 15 is 0 Å². The first-order valence-corrected chi connectivity index (χ1v) is 6.14. The maximum atomic E-state index is 12.0. The van der Waals surface area contributed by atoms with Crippen molar-refractivity contribution in [2.45, 2.75) is 33.6 Å². The molecule has 0 rings (SSSR count). The Bertz CT molecular complexity index is 337. The van der Waals surface area contributed by atoms with Gasteiger partial charge in [0.15, 0.2) is 5.41 Å². The maximum absolute atomic E-state index is 12.0. The Kier molecular flexibility index (Phi) is 7.37. The molecule has 0 radical (unpaired) electrons. The van der Waals surface area contributed by atoms with Crippen molar-refractivity contribution in [2.24, 2.45) is 5.41 Å². The van der Waals surface area contributed by atoms with Crippen molar-refractivity contribution in [3.63, 3.8) is 0 Å². The average Bonchev–Trinajstić information content (AvgIpc) is 2.40. The predicted molar refractivity (Wildman–Crippen MR) is 71.6 cm³/mol. The molecule has 0 aliphatic rings. The summed E-state index contributed by atoms with van der Waals surface area (Å²) in [5.74, 6) is -1.24. The summed E-state index contributed by atoms with van der Waals surface area (Å²) >= 11 is 0. The highest BCUT2D eigenvalue weighted by molar-refractivity contribution is 6.00. The molecule has 0 aromatic rings. The smallest absolute Gasteiger partial charge is 0.325 e. The Morgan fingerprint density at radius 3 is 1.74 bits per heavy atom. The molecule has 0 unspecified atom stereocenters. The number of hydrogen-bond donors (Lipinski definition) is 0. The van der Waals surface area contributed by atoms with Crippen LogP contribution < -0.4 is 0 Å². The summed E-state index contributed by atoms with van der Waals surface area (Å²) in [6.45, 7) is 5.90. The van der Waals surface area contributed by atoms with Gasteiger partial charge in [0, 0.05) is 7.11 Å². The molecule has 0 saturated heterocycles. The summed E-state index contributed by atoms with van der Waals surface area (Å²) in [4.78, 5) is 24.0. The minimum absolute atomic E-state index is 0.0532. The van der Waals surface area contributed by atoms with Gasteiger partial charge in [0.25, 0.3) is 0 Å². The molecule has 0 heterocycles. The van der Waals surface area contributed by atoms with Gasteiger partial charge in [-0.2, -0.15) is 0 Å². The number of allylic oxidation sites excluding steroid dienone is 2. The van der Waals surface area contributed by atoms with Gasteiger partial charge in [0.2, 0.25) is 0 Å². The minimum Gasteiger partial charge on any atom is -0.468 e. The van der Waals surface area contributed by atoms with Gasteiger partial charge in [0.1, 0.15) is 0 Å². The van der Waals surface area contributed by atoms with Gasteiger partial charge in [0.05, 0.1) is 20.8 Å². The van der Waals surface area contributed by atoms with E-state index in [2.05, 4.69) is 0 Å². The van der Waals surface area contributed by atoms with Gasteiger partial charge in [-0.15, -0.1) is 0 Å². The molecule has 0 spiro atoms. The van der Waals surface area contributed by atoms with Crippen LogP contribution in [0.3, 0.4) is 0 Å². The highest BCUT2D eigenvalue weighted by Crippen LogP contribution is 2.30. The molecule has 0 aromatic heterocycles. The maximum Gasteiger partial charge on any atom is 0.325 e. The summed E-state index contributed by atoms with van der Waals surface area (Å²) in [6, 6.07) is 0. The van der Waals surface area contributed by atoms with Crippen molar-refractivity contribution < 1.29 is 23.8 Å². The summed E-state index contributed by atoms with van der Waals surface area (Å²) in [5, 5.41) is 0. The number of methoxy groups -OCH3 is 3. The lowest BCUT2D eigenvalue weighted by Gasteiger charge is -2.27. The van der Waals surface area contributed by atoms with E-state index in [4.69, 9.17) is 14.2 Å². The molecule has 5 heteroatoms. The molecule has 0 aliphatic carbocycles. The van der Waals surface area contributed by atoms with Crippen LogP contribution in [0.4, 0.5) is 0 Å². The number of esters is 2. The number of carbonyl (C=O) groups excluding carboxylic acids is 2. The zero-order chi connectivity index (χ0) is 15.1. The normalized spacial score (nSPS) is 10.8. The zero-order valence-corrected chi connectivity index (χ0v) is 12.7. The molecule has 0 saturated carbocycles. The van der Waals surface area contributed by atoms with Crippen LogP contribution in [-0.2, 0) is 23.8 Å². The second-order valence-corrected chi connectivity index (χ2v) is 4.78. The van der Waals surface area contributed by atoms with Crippen molar-refractivity contribution in [1.82, 2.24) is 0 Å². The van der Waals surface area contributed by atoms with E-state index in [1.54, 1.807) is 0 Å². The Morgan fingerprint density at radius 2 is 1.42 bits per heavy atom. The van der Waals surface area contributed by atoms with E-state index in [9.17, 15) is 9.59 Å². The van der Waals surface area contributed by atoms with E-state index in [-0.39, 0.29) is 6.61 Å². The van der Waals surface area contributed by atoms with E-state index in [1.807, 2.05) is 20.8 Å². The fourth-order valence-corrected chi connectivity index (χ4v) is 1.77. The van der Waals surface area contributed by atoms with Crippen molar-refractivity contribution in [2.75, 3.05) is 27.9 Å². The van der Waals surface area contributed by atoms with E-state index in [0.717, 1.165) is 5.57 Å². The summed E-state index contributed by atoms with van der Waals surface area (Å²) in [7, 11) is 3.95. The average molecular weight is 272 g/mol. The first-order chi connectivity index (χ1) is 8.85. The first kappa shape index (κ1) is 17.6. The van der Waals surface area contributed by atoms with Crippen LogP contribution in [0, 0.1) is 5.41 Å². The molecule has 0 aromatic carbocycles. The number of ether oxygens (including phenoxy) is 3. The second-order valence-electron chi connectivity index (χ2n) is 4.78. The van der Waals surface area contributed by atoms with Gasteiger partial charge < -0.3 is 14.2 Å². The van der Waals surface area contributed by atoms with Crippen LogP contribution in [0.2, 0.25) is 0 Å². The van der Waals surface area contributed by atoms with E-state index < -0.39 is 17.4 Å². The van der Waals surface area contributed by atoms with Gasteiger partial charge in [-0.05, 0) is 33.6 Å². The van der Waals surface area contributed by atoms with Crippen molar-refractivity contribution in [1.29, 1.82) is 0 Å². The predicted octanol–water partition coefficient (Wildman–Crippen LogP) is 2.10. The Morgan fingerprint density at radius 1 is 0.947 bits per heavy atom. The SMILES string of the molecule is COCC(CCC(C)=C(C)C)(C(=O)OC)C(=O)OC. The quantitative estimate of drug-likeness (QED) is 0.403. The summed E-state index contributed by atoms with van der Waals surface area (Å²) in [5.41, 5.74) is 0.906. The molecule has 19 heavy (non-hydrogen) atoms. The van der Waals surface area contributed by atoms with Gasteiger partial charge in [-0.25, -0.2) is 0 Å². The van der Waals surface area contributed by atoms with Crippen LogP contribution in [0.5, 0.6) is 0 Å². The fourth-order valence-electron chi connectivity index (χ4n) is 1.77. The third-order valence-electron chi connectivity index (χ3n) is 3.32. The lowest BCUT2D eigenvalue weighted by atomic mass is 9.82. The van der Waals surface area contributed by atoms with Crippen LogP contribution in [0.15, 0.2) is 11.1 Å². The van der Waals surface area contributed by atoms with Gasteiger partial charge in [-0.1, -0.05) is 11.1 Å². The minimum atomic E-state index is -1.39. The van der Waals surface area contributed by atoms with Crippen molar-refractivity contribution in [3.8, 4) is 0 Å². The largest absolute Gasteiger partial charge is 0.468 e. The molecule has 0 atom stereocenters. The lowest BCUT2D eigenvalue weighted by molar-refractivity contribution is -0.173. The molecule has 110 valence electrons. The molecule has 0 amide bonds. The van der Waals surface area contributed by atoms with Crippen LogP contribution in [0.25, 0.3) is 0 Å². The van der Waals surface area contributed by atoms with E-state index in [1.165, 1.54) is 26.9 Å². The third-order valence-corrected chi connectivity index (χ3v) is 3.32. The molecule has 5 nitrogen and oxygen atoms in total. The lowest BCUT2D eigenvalue weighted by Crippen LogP contribution is -2.45. The first-order valence-electron chi connectivity index (χ1n) is 6.14. The number of rotatable bonds is 7. The van der Waals surface area contributed by atoms with Crippen molar-refractivity contribution >= 4 is 11.9 Å².